The Morgan fingerprint density at radius 2 is 2.25 bits per heavy atom. The SMILES string of the molecule is CC(C)c1ccc2c(c1)NCS2. The van der Waals surface area contributed by atoms with Crippen molar-refractivity contribution < 1.29 is 0 Å². The normalized spacial score (nSPS) is 14.6. The van der Waals surface area contributed by atoms with Crippen LogP contribution in [-0.4, -0.2) is 5.88 Å². The first-order chi connectivity index (χ1) is 5.77. The van der Waals surface area contributed by atoms with Crippen molar-refractivity contribution in [2.75, 3.05) is 11.2 Å². The summed E-state index contributed by atoms with van der Waals surface area (Å²) in [7, 11) is 0. The average molecular weight is 179 g/mol. The second-order valence-corrected chi connectivity index (χ2v) is 4.39. The number of thioether (sulfide) groups is 1. The maximum atomic E-state index is 3.36. The Morgan fingerprint density at radius 1 is 1.42 bits per heavy atom. The van der Waals surface area contributed by atoms with E-state index < -0.39 is 0 Å². The molecule has 1 nitrogen and oxygen atoms in total. The van der Waals surface area contributed by atoms with Gasteiger partial charge in [-0.05, 0) is 23.6 Å². The molecule has 12 heavy (non-hydrogen) atoms. The number of hydrogen-bond acceptors (Lipinski definition) is 2. The summed E-state index contributed by atoms with van der Waals surface area (Å²) in [6.07, 6.45) is 0. The molecule has 0 bridgehead atoms. The van der Waals surface area contributed by atoms with Gasteiger partial charge in [-0.1, -0.05) is 19.9 Å². The predicted molar refractivity (Wildman–Crippen MR) is 54.9 cm³/mol. The van der Waals surface area contributed by atoms with Crippen LogP contribution in [0.4, 0.5) is 5.69 Å². The highest BCUT2D eigenvalue weighted by atomic mass is 32.2. The van der Waals surface area contributed by atoms with Crippen LogP contribution < -0.4 is 5.32 Å². The van der Waals surface area contributed by atoms with Gasteiger partial charge in [-0.25, -0.2) is 0 Å². The first-order valence-electron chi connectivity index (χ1n) is 4.28. The Bertz CT molecular complexity index is 294. The summed E-state index contributed by atoms with van der Waals surface area (Å²) >= 11 is 1.88. The molecule has 0 fully saturated rings. The topological polar surface area (TPSA) is 12.0 Å². The van der Waals surface area contributed by atoms with E-state index in [4.69, 9.17) is 0 Å². The molecule has 0 saturated carbocycles. The smallest absolute Gasteiger partial charge is 0.0658 e. The third-order valence-electron chi connectivity index (χ3n) is 2.16. The van der Waals surface area contributed by atoms with E-state index in [0.29, 0.717) is 5.92 Å². The molecule has 1 aromatic rings. The molecule has 1 aliphatic rings. The van der Waals surface area contributed by atoms with E-state index in [1.54, 1.807) is 0 Å². The lowest BCUT2D eigenvalue weighted by atomic mass is 10.0. The van der Waals surface area contributed by atoms with Gasteiger partial charge in [0.25, 0.3) is 0 Å². The molecule has 0 aliphatic carbocycles. The van der Waals surface area contributed by atoms with Crippen LogP contribution in [0.2, 0.25) is 0 Å². The minimum atomic E-state index is 0.628. The summed E-state index contributed by atoms with van der Waals surface area (Å²) in [5.41, 5.74) is 2.73. The maximum absolute atomic E-state index is 3.36. The molecule has 1 aromatic carbocycles. The zero-order chi connectivity index (χ0) is 8.55. The summed E-state index contributed by atoms with van der Waals surface area (Å²) in [6, 6.07) is 6.71. The summed E-state index contributed by atoms with van der Waals surface area (Å²) in [5, 5.41) is 3.36. The van der Waals surface area contributed by atoms with E-state index in [-0.39, 0.29) is 0 Å². The van der Waals surface area contributed by atoms with Crippen molar-refractivity contribution in [3.05, 3.63) is 23.8 Å². The maximum Gasteiger partial charge on any atom is 0.0658 e. The van der Waals surface area contributed by atoms with Crippen LogP contribution in [0.15, 0.2) is 23.1 Å². The van der Waals surface area contributed by atoms with Crippen LogP contribution in [-0.2, 0) is 0 Å². The highest BCUT2D eigenvalue weighted by molar-refractivity contribution is 7.99. The first-order valence-corrected chi connectivity index (χ1v) is 5.26. The molecule has 0 radical (unpaired) electrons. The Labute approximate surface area is 77.6 Å². The number of rotatable bonds is 1. The van der Waals surface area contributed by atoms with Crippen LogP contribution in [0.5, 0.6) is 0 Å². The van der Waals surface area contributed by atoms with Crippen LogP contribution in [0.3, 0.4) is 0 Å². The van der Waals surface area contributed by atoms with E-state index >= 15 is 0 Å². The first kappa shape index (κ1) is 7.99. The van der Waals surface area contributed by atoms with Gasteiger partial charge in [0, 0.05) is 10.6 Å². The molecular weight excluding hydrogens is 166 g/mol. The molecule has 2 rings (SSSR count). The zero-order valence-electron chi connectivity index (χ0n) is 7.42. The standard InChI is InChI=1S/C10H13NS/c1-7(2)8-3-4-10-9(5-8)11-6-12-10/h3-5,7,11H,6H2,1-2H3. The second kappa shape index (κ2) is 3.02. The summed E-state index contributed by atoms with van der Waals surface area (Å²) < 4.78 is 0. The number of fused-ring (bicyclic) bond motifs is 1. The molecule has 0 atom stereocenters. The number of nitrogens with one attached hydrogen (secondary N) is 1. The molecule has 2 heteroatoms. The fraction of sp³-hybridized carbons (Fsp3) is 0.400. The third kappa shape index (κ3) is 1.31. The highest BCUT2D eigenvalue weighted by Crippen LogP contribution is 2.35. The van der Waals surface area contributed by atoms with E-state index in [1.165, 1.54) is 16.1 Å². The lowest BCUT2D eigenvalue weighted by Gasteiger charge is -2.06. The van der Waals surface area contributed by atoms with Gasteiger partial charge in [0.15, 0.2) is 0 Å². The van der Waals surface area contributed by atoms with Gasteiger partial charge < -0.3 is 5.32 Å². The molecule has 64 valence electrons. The van der Waals surface area contributed by atoms with Crippen LogP contribution >= 0.6 is 11.8 Å². The van der Waals surface area contributed by atoms with Crippen LogP contribution in [0.1, 0.15) is 25.3 Å². The summed E-state index contributed by atoms with van der Waals surface area (Å²) in [5.74, 6) is 1.65. The summed E-state index contributed by atoms with van der Waals surface area (Å²) in [4.78, 5) is 1.39. The molecule has 0 amide bonds. The zero-order valence-corrected chi connectivity index (χ0v) is 8.24. The fourth-order valence-electron chi connectivity index (χ4n) is 1.36. The Hall–Kier alpha value is -0.630. The van der Waals surface area contributed by atoms with Crippen molar-refractivity contribution in [1.29, 1.82) is 0 Å². The monoisotopic (exact) mass is 179 g/mol. The molecule has 0 spiro atoms. The largest absolute Gasteiger partial charge is 0.375 e. The van der Waals surface area contributed by atoms with E-state index in [2.05, 4.69) is 37.4 Å². The number of anilines is 1. The minimum absolute atomic E-state index is 0.628. The average Bonchev–Trinajstić information content (AvgIpc) is 2.49. The Balaban J connectivity index is 2.39. The van der Waals surface area contributed by atoms with Crippen molar-refractivity contribution >= 4 is 17.4 Å². The third-order valence-corrected chi connectivity index (χ3v) is 3.12. The Morgan fingerprint density at radius 3 is 3.00 bits per heavy atom. The lowest BCUT2D eigenvalue weighted by Crippen LogP contribution is -1.91. The lowest BCUT2D eigenvalue weighted by molar-refractivity contribution is 0.865. The minimum Gasteiger partial charge on any atom is -0.375 e. The molecule has 1 heterocycles. The van der Waals surface area contributed by atoms with E-state index in [9.17, 15) is 0 Å². The van der Waals surface area contributed by atoms with Crippen molar-refractivity contribution in [1.82, 2.24) is 0 Å². The molecular formula is C10H13NS. The van der Waals surface area contributed by atoms with Gasteiger partial charge in [0.05, 0.1) is 5.88 Å². The van der Waals surface area contributed by atoms with Crippen LogP contribution in [0, 0.1) is 0 Å². The van der Waals surface area contributed by atoms with Gasteiger partial charge in [0.1, 0.15) is 0 Å². The van der Waals surface area contributed by atoms with E-state index in [1.807, 2.05) is 11.8 Å². The fourth-order valence-corrected chi connectivity index (χ4v) is 2.20. The number of hydrogen-bond donors (Lipinski definition) is 1. The molecule has 1 N–H and O–H groups in total. The summed E-state index contributed by atoms with van der Waals surface area (Å²) in [6.45, 7) is 4.45. The second-order valence-electron chi connectivity index (χ2n) is 3.38. The van der Waals surface area contributed by atoms with Gasteiger partial charge in [-0.15, -0.1) is 11.8 Å². The Kier molecular flexibility index (Phi) is 2.01. The van der Waals surface area contributed by atoms with Crippen LogP contribution in [0.25, 0.3) is 0 Å². The quantitative estimate of drug-likeness (QED) is 0.710. The van der Waals surface area contributed by atoms with Gasteiger partial charge in [-0.3, -0.25) is 0 Å². The van der Waals surface area contributed by atoms with Crippen molar-refractivity contribution in [3.8, 4) is 0 Å². The van der Waals surface area contributed by atoms with Crippen molar-refractivity contribution in [2.45, 2.75) is 24.7 Å². The molecule has 1 aliphatic heterocycles. The van der Waals surface area contributed by atoms with Gasteiger partial charge in [-0.2, -0.15) is 0 Å². The van der Waals surface area contributed by atoms with Gasteiger partial charge in [0.2, 0.25) is 0 Å². The molecule has 0 unspecified atom stereocenters. The van der Waals surface area contributed by atoms with Gasteiger partial charge >= 0.3 is 0 Å². The van der Waals surface area contributed by atoms with Crippen molar-refractivity contribution in [2.24, 2.45) is 0 Å². The molecule has 0 saturated heterocycles. The number of benzene rings is 1. The van der Waals surface area contributed by atoms with E-state index in [0.717, 1.165) is 5.88 Å². The molecule has 0 aromatic heterocycles. The predicted octanol–water partition coefficient (Wildman–Crippen LogP) is 3.29. The highest BCUT2D eigenvalue weighted by Gasteiger charge is 2.11. The van der Waals surface area contributed by atoms with Crippen molar-refractivity contribution in [3.63, 3.8) is 0 Å².